The van der Waals surface area contributed by atoms with Gasteiger partial charge in [-0.25, -0.2) is 0 Å². The zero-order valence-electron chi connectivity index (χ0n) is 14.4. The molecule has 4 heteroatoms. The van der Waals surface area contributed by atoms with E-state index in [4.69, 9.17) is 0 Å². The zero-order valence-corrected chi connectivity index (χ0v) is 14.4. The highest BCUT2D eigenvalue weighted by molar-refractivity contribution is 5.77. The van der Waals surface area contributed by atoms with Crippen LogP contribution in [-0.2, 0) is 4.79 Å². The Morgan fingerprint density at radius 2 is 1.87 bits per heavy atom. The fraction of sp³-hybridized carbons (Fsp3) is 0.632. The number of nitrogens with zero attached hydrogens (tertiary/aromatic N) is 2. The molecule has 1 unspecified atom stereocenters. The Morgan fingerprint density at radius 3 is 2.48 bits per heavy atom. The zero-order chi connectivity index (χ0) is 16.2. The number of carbonyl (C=O) groups excluding carboxylic acids is 1. The van der Waals surface area contributed by atoms with Gasteiger partial charge < -0.3 is 10.2 Å². The van der Waals surface area contributed by atoms with Gasteiger partial charge in [0.15, 0.2) is 0 Å². The molecular weight excluding hydrogens is 286 g/mol. The van der Waals surface area contributed by atoms with Crippen LogP contribution >= 0.6 is 0 Å². The van der Waals surface area contributed by atoms with Gasteiger partial charge in [0.2, 0.25) is 5.91 Å². The summed E-state index contributed by atoms with van der Waals surface area (Å²) in [6.45, 7) is 3.75. The van der Waals surface area contributed by atoms with Gasteiger partial charge in [0.1, 0.15) is 0 Å². The molecule has 0 aliphatic carbocycles. The van der Waals surface area contributed by atoms with E-state index in [0.717, 1.165) is 32.5 Å². The third-order valence-corrected chi connectivity index (χ3v) is 5.32. The molecule has 2 fully saturated rings. The van der Waals surface area contributed by atoms with Crippen LogP contribution in [0, 0.1) is 0 Å². The van der Waals surface area contributed by atoms with Crippen molar-refractivity contribution in [3.8, 4) is 0 Å². The van der Waals surface area contributed by atoms with E-state index in [2.05, 4.69) is 34.5 Å². The summed E-state index contributed by atoms with van der Waals surface area (Å²) in [5, 5.41) is 3.64. The fourth-order valence-electron chi connectivity index (χ4n) is 3.88. The van der Waals surface area contributed by atoms with Crippen molar-refractivity contribution in [2.75, 3.05) is 40.3 Å². The first-order valence-electron chi connectivity index (χ1n) is 8.90. The largest absolute Gasteiger partial charge is 0.348 e. The van der Waals surface area contributed by atoms with Crippen LogP contribution in [0.25, 0.3) is 0 Å². The molecule has 4 nitrogen and oxygen atoms in total. The summed E-state index contributed by atoms with van der Waals surface area (Å²) < 4.78 is 0. The molecule has 2 heterocycles. The van der Waals surface area contributed by atoms with Crippen LogP contribution in [0.5, 0.6) is 0 Å². The van der Waals surface area contributed by atoms with E-state index < -0.39 is 0 Å². The fourth-order valence-corrected chi connectivity index (χ4v) is 3.88. The Morgan fingerprint density at radius 1 is 1.17 bits per heavy atom. The van der Waals surface area contributed by atoms with E-state index in [0.29, 0.717) is 18.5 Å². The van der Waals surface area contributed by atoms with Gasteiger partial charge in [-0.3, -0.25) is 9.69 Å². The molecule has 1 aromatic rings. The van der Waals surface area contributed by atoms with Gasteiger partial charge in [-0.2, -0.15) is 0 Å². The summed E-state index contributed by atoms with van der Waals surface area (Å²) in [7, 11) is 3.67. The maximum Gasteiger partial charge on any atom is 0.236 e. The van der Waals surface area contributed by atoms with Crippen LogP contribution in [-0.4, -0.2) is 56.0 Å². The number of carbonyl (C=O) groups is 1. The maximum absolute atomic E-state index is 11.9. The Balaban J connectivity index is 1.63. The SMILES string of the molecule is CN(C)C(=O)CN1CCC(c2ccccc2C2CCCN2)CC1. The lowest BCUT2D eigenvalue weighted by Crippen LogP contribution is -2.40. The highest BCUT2D eigenvalue weighted by atomic mass is 16.2. The first-order valence-corrected chi connectivity index (χ1v) is 8.90. The lowest BCUT2D eigenvalue weighted by atomic mass is 9.84. The summed E-state index contributed by atoms with van der Waals surface area (Å²) in [5.74, 6) is 0.846. The lowest BCUT2D eigenvalue weighted by molar-refractivity contribution is -0.130. The number of likely N-dealkylation sites (tertiary alicyclic amines) is 1. The minimum absolute atomic E-state index is 0.207. The summed E-state index contributed by atoms with van der Waals surface area (Å²) >= 11 is 0. The molecule has 0 aromatic heterocycles. The molecule has 0 radical (unpaired) electrons. The van der Waals surface area contributed by atoms with Gasteiger partial charge in [-0.1, -0.05) is 24.3 Å². The molecule has 126 valence electrons. The molecule has 2 aliphatic rings. The molecule has 1 aromatic carbocycles. The second-order valence-electron chi connectivity index (χ2n) is 7.12. The molecule has 1 atom stereocenters. The van der Waals surface area contributed by atoms with E-state index >= 15 is 0 Å². The number of nitrogens with one attached hydrogen (secondary N) is 1. The Labute approximate surface area is 139 Å². The van der Waals surface area contributed by atoms with Gasteiger partial charge in [-0.15, -0.1) is 0 Å². The number of hydrogen-bond acceptors (Lipinski definition) is 3. The monoisotopic (exact) mass is 315 g/mol. The predicted octanol–water partition coefficient (Wildman–Crippen LogP) is 2.38. The van der Waals surface area contributed by atoms with Crippen LogP contribution in [0.4, 0.5) is 0 Å². The van der Waals surface area contributed by atoms with E-state index in [-0.39, 0.29) is 5.91 Å². The normalized spacial score (nSPS) is 23.1. The van der Waals surface area contributed by atoms with Gasteiger partial charge >= 0.3 is 0 Å². The highest BCUT2D eigenvalue weighted by Crippen LogP contribution is 2.35. The molecule has 2 saturated heterocycles. The summed E-state index contributed by atoms with van der Waals surface area (Å²) in [5.41, 5.74) is 3.04. The van der Waals surface area contributed by atoms with E-state index in [1.165, 1.54) is 24.0 Å². The van der Waals surface area contributed by atoms with Crippen molar-refractivity contribution in [3.63, 3.8) is 0 Å². The minimum atomic E-state index is 0.207. The molecule has 1 N–H and O–H groups in total. The number of amides is 1. The number of piperidine rings is 1. The molecule has 0 spiro atoms. The Bertz CT molecular complexity index is 529. The van der Waals surface area contributed by atoms with Crippen molar-refractivity contribution in [3.05, 3.63) is 35.4 Å². The number of rotatable bonds is 4. The van der Waals surface area contributed by atoms with Gasteiger partial charge in [-0.05, 0) is 62.4 Å². The Hall–Kier alpha value is -1.39. The lowest BCUT2D eigenvalue weighted by Gasteiger charge is -2.33. The van der Waals surface area contributed by atoms with Crippen LogP contribution in [0.3, 0.4) is 0 Å². The van der Waals surface area contributed by atoms with Gasteiger partial charge in [0.25, 0.3) is 0 Å². The Kier molecular flexibility index (Phi) is 5.34. The molecule has 0 bridgehead atoms. The number of likely N-dealkylation sites (N-methyl/N-ethyl adjacent to an activating group) is 1. The summed E-state index contributed by atoms with van der Waals surface area (Å²) in [6, 6.07) is 9.51. The van der Waals surface area contributed by atoms with Crippen molar-refractivity contribution >= 4 is 5.91 Å². The maximum atomic E-state index is 11.9. The first kappa shape index (κ1) is 16.5. The highest BCUT2D eigenvalue weighted by Gasteiger charge is 2.26. The molecule has 1 amide bonds. The number of hydrogen-bond donors (Lipinski definition) is 1. The molecule has 0 saturated carbocycles. The topological polar surface area (TPSA) is 35.6 Å². The van der Waals surface area contributed by atoms with Crippen LogP contribution in [0.15, 0.2) is 24.3 Å². The average molecular weight is 315 g/mol. The van der Waals surface area contributed by atoms with Gasteiger partial charge in [0, 0.05) is 20.1 Å². The average Bonchev–Trinajstić information content (AvgIpc) is 3.10. The quantitative estimate of drug-likeness (QED) is 0.926. The van der Waals surface area contributed by atoms with E-state index in [9.17, 15) is 4.79 Å². The summed E-state index contributed by atoms with van der Waals surface area (Å²) in [6.07, 6.45) is 4.85. The minimum Gasteiger partial charge on any atom is -0.348 e. The van der Waals surface area contributed by atoms with Crippen LogP contribution < -0.4 is 5.32 Å². The molecule has 2 aliphatic heterocycles. The first-order chi connectivity index (χ1) is 11.1. The van der Waals surface area contributed by atoms with Crippen molar-refractivity contribution in [1.29, 1.82) is 0 Å². The molecule has 23 heavy (non-hydrogen) atoms. The number of benzene rings is 1. The van der Waals surface area contributed by atoms with Crippen molar-refractivity contribution in [2.45, 2.75) is 37.6 Å². The van der Waals surface area contributed by atoms with Gasteiger partial charge in [0.05, 0.1) is 6.54 Å². The smallest absolute Gasteiger partial charge is 0.236 e. The third-order valence-electron chi connectivity index (χ3n) is 5.32. The van der Waals surface area contributed by atoms with Crippen molar-refractivity contribution < 1.29 is 4.79 Å². The van der Waals surface area contributed by atoms with Crippen molar-refractivity contribution in [2.24, 2.45) is 0 Å². The van der Waals surface area contributed by atoms with Crippen LogP contribution in [0.2, 0.25) is 0 Å². The summed E-state index contributed by atoms with van der Waals surface area (Å²) in [4.78, 5) is 15.9. The van der Waals surface area contributed by atoms with Crippen molar-refractivity contribution in [1.82, 2.24) is 15.1 Å². The second kappa shape index (κ2) is 7.45. The standard InChI is InChI=1S/C19H29N3O/c1-21(2)19(23)14-22-12-9-15(10-13-22)16-6-3-4-7-17(16)18-8-5-11-20-18/h3-4,6-7,15,18,20H,5,8-14H2,1-2H3. The van der Waals surface area contributed by atoms with E-state index in [1.807, 2.05) is 14.1 Å². The van der Waals surface area contributed by atoms with E-state index in [1.54, 1.807) is 4.90 Å². The third kappa shape index (κ3) is 3.93. The molecular formula is C19H29N3O. The predicted molar refractivity (Wildman–Crippen MR) is 93.5 cm³/mol. The second-order valence-corrected chi connectivity index (χ2v) is 7.12. The molecule has 3 rings (SSSR count). The van der Waals surface area contributed by atoms with Crippen LogP contribution in [0.1, 0.15) is 48.8 Å².